The molecule has 1 N–H and O–H groups in total. The maximum atomic E-state index is 13.3. The molecule has 0 aliphatic heterocycles. The van der Waals surface area contributed by atoms with E-state index in [-0.39, 0.29) is 29.7 Å². The molecule has 3 aromatic rings. The fraction of sp³-hybridized carbons (Fsp3) is 0.300. The summed E-state index contributed by atoms with van der Waals surface area (Å²) in [6.07, 6.45) is 1.81. The van der Waals surface area contributed by atoms with Gasteiger partial charge in [0, 0.05) is 18.2 Å². The van der Waals surface area contributed by atoms with E-state index >= 15 is 0 Å². The van der Waals surface area contributed by atoms with E-state index in [1.807, 2.05) is 12.1 Å². The molecular weight excluding hydrogens is 411 g/mol. The summed E-state index contributed by atoms with van der Waals surface area (Å²) in [7, 11) is -2.31. The fourth-order valence-electron chi connectivity index (χ4n) is 3.17. The van der Waals surface area contributed by atoms with Crippen molar-refractivity contribution in [2.24, 2.45) is 0 Å². The predicted molar refractivity (Wildman–Crippen MR) is 108 cm³/mol. The van der Waals surface area contributed by atoms with Gasteiger partial charge in [0.15, 0.2) is 5.82 Å². The van der Waals surface area contributed by atoms with Crippen LogP contribution in [0, 0.1) is 5.82 Å². The summed E-state index contributed by atoms with van der Waals surface area (Å²) < 4.78 is 48.4. The van der Waals surface area contributed by atoms with Crippen LogP contribution in [0.5, 0.6) is 5.75 Å². The van der Waals surface area contributed by atoms with E-state index in [1.165, 1.54) is 22.9 Å². The Hall–Kier alpha value is -2.98. The topological polar surface area (TPSA) is 95.2 Å². The molecule has 0 saturated heterocycles. The van der Waals surface area contributed by atoms with Gasteiger partial charge in [-0.3, -0.25) is 4.57 Å². The first-order chi connectivity index (χ1) is 14.4. The molecule has 0 bridgehead atoms. The van der Waals surface area contributed by atoms with Crippen molar-refractivity contribution in [2.45, 2.75) is 30.3 Å². The van der Waals surface area contributed by atoms with E-state index in [1.54, 1.807) is 23.8 Å². The number of hydrogen-bond acceptors (Lipinski definition) is 5. The second-order valence-corrected chi connectivity index (χ2v) is 8.78. The first-order valence-electron chi connectivity index (χ1n) is 9.48. The standard InChI is InChI=1S/C20H21FN4O4S/c1-29-17-9-5-14(6-10-17)19-23-24(20(26)25(19)16-7-8-16)12-11-22-30(27,28)18-4-2-3-15(21)13-18/h2-6,9-10,13,16,22H,7-8,11-12H2,1H3. The summed E-state index contributed by atoms with van der Waals surface area (Å²) >= 11 is 0. The van der Waals surface area contributed by atoms with Crippen molar-refractivity contribution < 1.29 is 17.5 Å². The SMILES string of the molecule is COc1ccc(-c2nn(CCNS(=O)(=O)c3cccc(F)c3)c(=O)n2C2CC2)cc1. The minimum absolute atomic E-state index is 0.0518. The lowest BCUT2D eigenvalue weighted by Gasteiger charge is -2.06. The number of sulfonamides is 1. The van der Waals surface area contributed by atoms with Crippen molar-refractivity contribution >= 4 is 10.0 Å². The quantitative estimate of drug-likeness (QED) is 0.589. The summed E-state index contributed by atoms with van der Waals surface area (Å²) in [5.74, 6) is 0.602. The van der Waals surface area contributed by atoms with Gasteiger partial charge < -0.3 is 4.74 Å². The summed E-state index contributed by atoms with van der Waals surface area (Å²) in [6.45, 7) is -0.00125. The maximum Gasteiger partial charge on any atom is 0.346 e. The molecule has 2 aromatic carbocycles. The van der Waals surface area contributed by atoms with Crippen LogP contribution in [-0.2, 0) is 16.6 Å². The zero-order valence-corrected chi connectivity index (χ0v) is 17.1. The van der Waals surface area contributed by atoms with Gasteiger partial charge in [0.1, 0.15) is 11.6 Å². The number of rotatable bonds is 8. The highest BCUT2D eigenvalue weighted by Gasteiger charge is 2.30. The number of aromatic nitrogens is 3. The van der Waals surface area contributed by atoms with Crippen molar-refractivity contribution in [2.75, 3.05) is 13.7 Å². The van der Waals surface area contributed by atoms with Gasteiger partial charge in [-0.1, -0.05) is 6.07 Å². The molecule has 0 radical (unpaired) electrons. The Labute approximate surface area is 173 Å². The Balaban J connectivity index is 1.54. The zero-order valence-electron chi connectivity index (χ0n) is 16.3. The molecule has 1 heterocycles. The normalized spacial score (nSPS) is 14.1. The molecule has 1 fully saturated rings. The van der Waals surface area contributed by atoms with Crippen molar-refractivity contribution in [3.63, 3.8) is 0 Å². The van der Waals surface area contributed by atoms with Crippen LogP contribution in [0.4, 0.5) is 4.39 Å². The maximum absolute atomic E-state index is 13.3. The predicted octanol–water partition coefficient (Wildman–Crippen LogP) is 2.17. The molecule has 0 unspecified atom stereocenters. The van der Waals surface area contributed by atoms with Crippen LogP contribution < -0.4 is 15.1 Å². The Kier molecular flexibility index (Phi) is 5.44. The van der Waals surface area contributed by atoms with Crippen LogP contribution in [-0.4, -0.2) is 36.4 Å². The highest BCUT2D eigenvalue weighted by atomic mass is 32.2. The molecule has 8 nitrogen and oxygen atoms in total. The Morgan fingerprint density at radius 2 is 1.93 bits per heavy atom. The van der Waals surface area contributed by atoms with E-state index in [2.05, 4.69) is 9.82 Å². The van der Waals surface area contributed by atoms with Gasteiger partial charge >= 0.3 is 5.69 Å². The third-order valence-corrected chi connectivity index (χ3v) is 6.31. The molecule has 1 saturated carbocycles. The smallest absolute Gasteiger partial charge is 0.346 e. The number of benzene rings is 2. The monoisotopic (exact) mass is 432 g/mol. The average molecular weight is 432 g/mol. The van der Waals surface area contributed by atoms with Gasteiger partial charge in [0.05, 0.1) is 18.6 Å². The largest absolute Gasteiger partial charge is 0.497 e. The second kappa shape index (κ2) is 8.04. The van der Waals surface area contributed by atoms with E-state index < -0.39 is 15.8 Å². The lowest BCUT2D eigenvalue weighted by molar-refractivity contribution is 0.415. The van der Waals surface area contributed by atoms with Crippen LogP contribution in [0.3, 0.4) is 0 Å². The molecule has 1 aliphatic rings. The van der Waals surface area contributed by atoms with Crippen LogP contribution in [0.1, 0.15) is 18.9 Å². The van der Waals surface area contributed by atoms with E-state index in [0.717, 1.165) is 24.5 Å². The molecule has 4 rings (SSSR count). The van der Waals surface area contributed by atoms with Gasteiger partial charge in [0.25, 0.3) is 0 Å². The van der Waals surface area contributed by atoms with E-state index in [9.17, 15) is 17.6 Å². The summed E-state index contributed by atoms with van der Waals surface area (Å²) in [6, 6.07) is 12.1. The first-order valence-corrected chi connectivity index (χ1v) is 11.0. The van der Waals surface area contributed by atoms with Gasteiger partial charge in [0.2, 0.25) is 10.0 Å². The summed E-state index contributed by atoms with van der Waals surface area (Å²) in [5, 5.41) is 4.43. The molecule has 0 spiro atoms. The molecule has 0 atom stereocenters. The third kappa shape index (κ3) is 4.14. The van der Waals surface area contributed by atoms with Crippen molar-refractivity contribution in [1.29, 1.82) is 0 Å². The number of nitrogens with one attached hydrogen (secondary N) is 1. The van der Waals surface area contributed by atoms with Crippen LogP contribution in [0.2, 0.25) is 0 Å². The Bertz CT molecular complexity index is 1210. The van der Waals surface area contributed by atoms with Crippen LogP contribution >= 0.6 is 0 Å². The molecule has 158 valence electrons. The molecule has 1 aromatic heterocycles. The zero-order chi connectivity index (χ0) is 21.3. The van der Waals surface area contributed by atoms with Crippen LogP contribution in [0.25, 0.3) is 11.4 Å². The minimum Gasteiger partial charge on any atom is -0.497 e. The van der Waals surface area contributed by atoms with E-state index in [0.29, 0.717) is 11.6 Å². The molecule has 30 heavy (non-hydrogen) atoms. The van der Waals surface area contributed by atoms with Crippen LogP contribution in [0.15, 0.2) is 58.2 Å². The highest BCUT2D eigenvalue weighted by Crippen LogP contribution is 2.36. The number of hydrogen-bond donors (Lipinski definition) is 1. The highest BCUT2D eigenvalue weighted by molar-refractivity contribution is 7.89. The molecular formula is C20H21FN4O4S. The molecule has 0 amide bonds. The lowest BCUT2D eigenvalue weighted by Crippen LogP contribution is -2.32. The number of methoxy groups -OCH3 is 1. The van der Waals surface area contributed by atoms with Crippen molar-refractivity contribution in [3.8, 4) is 17.1 Å². The Morgan fingerprint density at radius 1 is 1.20 bits per heavy atom. The summed E-state index contributed by atoms with van der Waals surface area (Å²) in [5.41, 5.74) is 0.493. The van der Waals surface area contributed by atoms with Crippen molar-refractivity contribution in [1.82, 2.24) is 19.1 Å². The third-order valence-electron chi connectivity index (χ3n) is 4.85. The second-order valence-electron chi connectivity index (χ2n) is 7.01. The van der Waals surface area contributed by atoms with Crippen molar-refractivity contribution in [3.05, 3.63) is 64.8 Å². The van der Waals surface area contributed by atoms with E-state index in [4.69, 9.17) is 4.74 Å². The molecule has 1 aliphatic carbocycles. The fourth-order valence-corrected chi connectivity index (χ4v) is 4.22. The Morgan fingerprint density at radius 3 is 2.57 bits per heavy atom. The number of halogens is 1. The summed E-state index contributed by atoms with van der Waals surface area (Å²) in [4.78, 5) is 12.7. The average Bonchev–Trinajstić information content (AvgIpc) is 3.52. The molecule has 10 heteroatoms. The number of ether oxygens (including phenoxy) is 1. The number of nitrogens with zero attached hydrogens (tertiary/aromatic N) is 3. The van der Waals surface area contributed by atoms with Gasteiger partial charge in [-0.05, 0) is 55.3 Å². The lowest BCUT2D eigenvalue weighted by atomic mass is 10.2. The first kappa shape index (κ1) is 20.3. The minimum atomic E-state index is -3.89. The van der Waals surface area contributed by atoms with Gasteiger partial charge in [-0.2, -0.15) is 0 Å². The van der Waals surface area contributed by atoms with Gasteiger partial charge in [-0.15, -0.1) is 5.10 Å². The van der Waals surface area contributed by atoms with Gasteiger partial charge in [-0.25, -0.2) is 27.0 Å².